The molecule has 1 amide bonds. The van der Waals surface area contributed by atoms with E-state index in [1.165, 1.54) is 12.0 Å². The molecule has 1 aliphatic carbocycles. The van der Waals surface area contributed by atoms with Gasteiger partial charge in [0.05, 0.1) is 16.7 Å². The van der Waals surface area contributed by atoms with Crippen LogP contribution in [-0.4, -0.2) is 48.7 Å². The van der Waals surface area contributed by atoms with Crippen molar-refractivity contribution in [2.45, 2.75) is 12.3 Å². The molecule has 2 atom stereocenters. The zero-order valence-electron chi connectivity index (χ0n) is 12.1. The first-order chi connectivity index (χ1) is 10.4. The number of rotatable bonds is 7. The third kappa shape index (κ3) is 4.12. The third-order valence-corrected chi connectivity index (χ3v) is 4.42. The lowest BCUT2D eigenvalue weighted by molar-refractivity contribution is -0.145. The Labute approximate surface area is 138 Å². The van der Waals surface area contributed by atoms with Gasteiger partial charge in [0, 0.05) is 19.6 Å². The Balaban J connectivity index is 2.03. The summed E-state index contributed by atoms with van der Waals surface area (Å²) in [5.74, 6) is -1.32. The Kier molecular flexibility index (Phi) is 5.67. The van der Waals surface area contributed by atoms with Gasteiger partial charge in [0.15, 0.2) is 0 Å². The minimum atomic E-state index is -1.03. The lowest BCUT2D eigenvalue weighted by Crippen LogP contribution is -2.39. The van der Waals surface area contributed by atoms with Crippen molar-refractivity contribution < 1.29 is 19.4 Å². The van der Waals surface area contributed by atoms with Crippen molar-refractivity contribution in [2.24, 2.45) is 5.92 Å². The zero-order valence-corrected chi connectivity index (χ0v) is 13.6. The summed E-state index contributed by atoms with van der Waals surface area (Å²) >= 11 is 11.9. The Morgan fingerprint density at radius 3 is 2.68 bits per heavy atom. The van der Waals surface area contributed by atoms with E-state index in [1.807, 2.05) is 6.07 Å². The molecule has 120 valence electrons. The van der Waals surface area contributed by atoms with Gasteiger partial charge in [0.2, 0.25) is 5.91 Å². The van der Waals surface area contributed by atoms with Crippen LogP contribution in [0.2, 0.25) is 10.0 Å². The summed E-state index contributed by atoms with van der Waals surface area (Å²) in [4.78, 5) is 24.6. The van der Waals surface area contributed by atoms with Crippen molar-refractivity contribution >= 4 is 35.1 Å². The van der Waals surface area contributed by atoms with Gasteiger partial charge in [-0.15, -0.1) is 0 Å². The van der Waals surface area contributed by atoms with E-state index in [4.69, 9.17) is 33.0 Å². The van der Waals surface area contributed by atoms with Crippen molar-refractivity contribution in [3.8, 4) is 0 Å². The molecule has 2 unspecified atom stereocenters. The molecule has 0 aromatic heterocycles. The summed E-state index contributed by atoms with van der Waals surface area (Å²) in [5.41, 5.74) is 0.953. The molecule has 7 heteroatoms. The highest BCUT2D eigenvalue weighted by molar-refractivity contribution is 6.42. The van der Waals surface area contributed by atoms with E-state index in [1.54, 1.807) is 12.1 Å². The first kappa shape index (κ1) is 17.1. The van der Waals surface area contributed by atoms with Gasteiger partial charge in [0.25, 0.3) is 0 Å². The smallest absolute Gasteiger partial charge is 0.323 e. The monoisotopic (exact) mass is 345 g/mol. The van der Waals surface area contributed by atoms with Crippen LogP contribution in [0.3, 0.4) is 0 Å². The van der Waals surface area contributed by atoms with E-state index in [9.17, 15) is 9.59 Å². The Morgan fingerprint density at radius 1 is 1.36 bits per heavy atom. The Bertz CT molecular complexity index is 579. The van der Waals surface area contributed by atoms with Gasteiger partial charge in [-0.05, 0) is 30.0 Å². The van der Waals surface area contributed by atoms with E-state index in [0.29, 0.717) is 23.1 Å². The molecule has 1 aromatic carbocycles. The van der Waals surface area contributed by atoms with E-state index >= 15 is 0 Å². The second-order valence-electron chi connectivity index (χ2n) is 5.27. The number of hydrogen-bond acceptors (Lipinski definition) is 3. The number of hydrogen-bond donors (Lipinski definition) is 1. The SMILES string of the molecule is COCCN(CC(=O)O)C(=O)C1CC1c1ccc(Cl)c(Cl)c1. The number of halogens is 2. The highest BCUT2D eigenvalue weighted by Gasteiger charge is 2.46. The zero-order chi connectivity index (χ0) is 16.3. The molecule has 5 nitrogen and oxygen atoms in total. The normalized spacial score (nSPS) is 19.8. The Hall–Kier alpha value is -1.30. The second kappa shape index (κ2) is 7.31. The average molecular weight is 346 g/mol. The summed E-state index contributed by atoms with van der Waals surface area (Å²) in [6.07, 6.45) is 0.694. The quantitative estimate of drug-likeness (QED) is 0.824. The first-order valence-corrected chi connectivity index (χ1v) is 7.64. The van der Waals surface area contributed by atoms with Crippen LogP contribution < -0.4 is 0 Å². The predicted octanol–water partition coefficient (Wildman–Crippen LogP) is 2.66. The number of carboxylic acid groups (broad SMARTS) is 1. The maximum absolute atomic E-state index is 12.4. The number of methoxy groups -OCH3 is 1. The molecular weight excluding hydrogens is 329 g/mol. The summed E-state index contributed by atoms with van der Waals surface area (Å²) in [5, 5.41) is 9.85. The lowest BCUT2D eigenvalue weighted by atomic mass is 10.1. The topological polar surface area (TPSA) is 66.8 Å². The molecule has 1 saturated carbocycles. The van der Waals surface area contributed by atoms with E-state index in [-0.39, 0.29) is 30.8 Å². The number of amides is 1. The van der Waals surface area contributed by atoms with Crippen LogP contribution in [0.5, 0.6) is 0 Å². The standard InChI is InChI=1S/C15H17Cl2NO4/c1-22-5-4-18(8-14(19)20)15(21)11-7-10(11)9-2-3-12(16)13(17)6-9/h2-3,6,10-11H,4-5,7-8H2,1H3,(H,19,20). The number of carboxylic acids is 1. The summed E-state index contributed by atoms with van der Waals surface area (Å²) < 4.78 is 4.93. The number of carbonyl (C=O) groups excluding carboxylic acids is 1. The summed E-state index contributed by atoms with van der Waals surface area (Å²) in [6.45, 7) is 0.266. The highest BCUT2D eigenvalue weighted by atomic mass is 35.5. The van der Waals surface area contributed by atoms with Gasteiger partial charge in [-0.3, -0.25) is 9.59 Å². The average Bonchev–Trinajstić information content (AvgIpc) is 3.25. The van der Waals surface area contributed by atoms with Crippen LogP contribution in [0.15, 0.2) is 18.2 Å². The van der Waals surface area contributed by atoms with Gasteiger partial charge in [-0.1, -0.05) is 29.3 Å². The van der Waals surface area contributed by atoms with Crippen molar-refractivity contribution in [3.63, 3.8) is 0 Å². The van der Waals surface area contributed by atoms with Gasteiger partial charge in [-0.25, -0.2) is 0 Å². The maximum Gasteiger partial charge on any atom is 0.323 e. The van der Waals surface area contributed by atoms with Crippen molar-refractivity contribution in [3.05, 3.63) is 33.8 Å². The van der Waals surface area contributed by atoms with E-state index in [0.717, 1.165) is 5.56 Å². The summed E-state index contributed by atoms with van der Waals surface area (Å²) in [6, 6.07) is 5.32. The number of aliphatic carboxylic acids is 1. The molecule has 0 heterocycles. The molecule has 0 bridgehead atoms. The fraction of sp³-hybridized carbons (Fsp3) is 0.467. The molecule has 1 aromatic rings. The molecule has 22 heavy (non-hydrogen) atoms. The Morgan fingerprint density at radius 2 is 2.09 bits per heavy atom. The molecule has 1 aliphatic rings. The second-order valence-corrected chi connectivity index (χ2v) is 6.08. The molecule has 1 N–H and O–H groups in total. The molecule has 2 rings (SSSR count). The van der Waals surface area contributed by atoms with Crippen LogP contribution in [0, 0.1) is 5.92 Å². The largest absolute Gasteiger partial charge is 0.480 e. The fourth-order valence-corrected chi connectivity index (χ4v) is 2.75. The molecule has 0 radical (unpaired) electrons. The van der Waals surface area contributed by atoms with Gasteiger partial charge in [0.1, 0.15) is 6.54 Å². The van der Waals surface area contributed by atoms with Crippen molar-refractivity contribution in [2.75, 3.05) is 26.8 Å². The fourth-order valence-electron chi connectivity index (χ4n) is 2.45. The number of nitrogens with zero attached hydrogens (tertiary/aromatic N) is 1. The minimum Gasteiger partial charge on any atom is -0.480 e. The first-order valence-electron chi connectivity index (χ1n) is 6.88. The van der Waals surface area contributed by atoms with E-state index in [2.05, 4.69) is 0 Å². The van der Waals surface area contributed by atoms with Crippen LogP contribution in [0.1, 0.15) is 17.9 Å². The lowest BCUT2D eigenvalue weighted by Gasteiger charge is -2.20. The predicted molar refractivity (Wildman–Crippen MR) is 83.4 cm³/mol. The third-order valence-electron chi connectivity index (χ3n) is 3.68. The molecule has 0 spiro atoms. The van der Waals surface area contributed by atoms with Crippen LogP contribution in [-0.2, 0) is 14.3 Å². The van der Waals surface area contributed by atoms with Crippen molar-refractivity contribution in [1.29, 1.82) is 0 Å². The molecular formula is C15H17Cl2NO4. The molecule has 0 aliphatic heterocycles. The van der Waals surface area contributed by atoms with Crippen LogP contribution in [0.25, 0.3) is 0 Å². The minimum absolute atomic E-state index is 0.0705. The van der Waals surface area contributed by atoms with Crippen LogP contribution >= 0.6 is 23.2 Å². The number of ether oxygens (including phenoxy) is 1. The number of benzene rings is 1. The van der Waals surface area contributed by atoms with Crippen LogP contribution in [0.4, 0.5) is 0 Å². The number of carbonyl (C=O) groups is 2. The van der Waals surface area contributed by atoms with Crippen molar-refractivity contribution in [1.82, 2.24) is 4.90 Å². The van der Waals surface area contributed by atoms with E-state index < -0.39 is 5.97 Å². The van der Waals surface area contributed by atoms with Gasteiger partial charge < -0.3 is 14.7 Å². The summed E-state index contributed by atoms with van der Waals surface area (Å²) in [7, 11) is 1.51. The maximum atomic E-state index is 12.4. The van der Waals surface area contributed by atoms with Gasteiger partial charge >= 0.3 is 5.97 Å². The molecule has 0 saturated heterocycles. The van der Waals surface area contributed by atoms with Gasteiger partial charge in [-0.2, -0.15) is 0 Å². The molecule has 1 fully saturated rings. The highest BCUT2D eigenvalue weighted by Crippen LogP contribution is 2.49.